The number of likely N-dealkylation sites (tertiary alicyclic amines) is 1. The molecule has 2 saturated heterocycles. The van der Waals surface area contributed by atoms with Crippen LogP contribution in [0.3, 0.4) is 0 Å². The molecule has 1 amide bonds. The summed E-state index contributed by atoms with van der Waals surface area (Å²) in [4.78, 5) is 14.4. The van der Waals surface area contributed by atoms with Crippen LogP contribution in [0, 0.1) is 6.92 Å². The van der Waals surface area contributed by atoms with Crippen molar-refractivity contribution in [1.82, 2.24) is 4.90 Å². The second-order valence-corrected chi connectivity index (χ2v) is 6.19. The third kappa shape index (κ3) is 2.30. The molecule has 2 fully saturated rings. The van der Waals surface area contributed by atoms with Gasteiger partial charge in [0.1, 0.15) is 0 Å². The molecule has 4 rings (SSSR count). The van der Waals surface area contributed by atoms with Crippen molar-refractivity contribution in [2.45, 2.75) is 25.6 Å². The maximum atomic E-state index is 12.2. The maximum Gasteiger partial charge on any atom is 0.257 e. The molecular formula is C17H20N2O3. The first-order valence-corrected chi connectivity index (χ1v) is 7.81. The fourth-order valence-electron chi connectivity index (χ4n) is 3.40. The van der Waals surface area contributed by atoms with E-state index in [9.17, 15) is 4.79 Å². The van der Waals surface area contributed by atoms with Crippen LogP contribution in [-0.4, -0.2) is 42.9 Å². The van der Waals surface area contributed by atoms with E-state index in [-0.39, 0.29) is 11.7 Å². The van der Waals surface area contributed by atoms with Crippen LogP contribution in [0.2, 0.25) is 0 Å². The molecule has 1 aromatic rings. The molecule has 0 aliphatic carbocycles. The Hall–Kier alpha value is -1.85. The number of hydrogen-bond donors (Lipinski definition) is 1. The largest absolute Gasteiger partial charge is 0.376 e. The second-order valence-electron chi connectivity index (χ2n) is 6.19. The van der Waals surface area contributed by atoms with Crippen LogP contribution in [0.4, 0.5) is 5.69 Å². The lowest BCUT2D eigenvalue weighted by atomic mass is 10.0. The minimum atomic E-state index is -0.373. The van der Waals surface area contributed by atoms with E-state index in [0.29, 0.717) is 13.2 Å². The molecule has 1 spiro atoms. The highest BCUT2D eigenvalue weighted by atomic mass is 16.7. The number of carbonyl (C=O) groups excluding carboxylic acids is 1. The van der Waals surface area contributed by atoms with Crippen LogP contribution in [0.5, 0.6) is 0 Å². The highest BCUT2D eigenvalue weighted by Gasteiger charge is 2.39. The number of carbonyl (C=O) groups is 1. The Labute approximate surface area is 129 Å². The quantitative estimate of drug-likeness (QED) is 0.807. The summed E-state index contributed by atoms with van der Waals surface area (Å²) >= 11 is 0. The fourth-order valence-corrected chi connectivity index (χ4v) is 3.40. The first-order valence-electron chi connectivity index (χ1n) is 7.81. The number of nitrogens with zero attached hydrogens (tertiary/aromatic N) is 1. The van der Waals surface area contributed by atoms with Gasteiger partial charge >= 0.3 is 0 Å². The first kappa shape index (κ1) is 13.8. The number of amides is 1. The van der Waals surface area contributed by atoms with Crippen LogP contribution in [-0.2, 0) is 14.3 Å². The molecule has 0 radical (unpaired) electrons. The molecule has 0 bridgehead atoms. The Bertz CT molecular complexity index is 637. The second kappa shape index (κ2) is 5.11. The van der Waals surface area contributed by atoms with Gasteiger partial charge in [-0.25, -0.2) is 0 Å². The average Bonchev–Trinajstić information content (AvgIpc) is 3.07. The van der Waals surface area contributed by atoms with Gasteiger partial charge in [-0.3, -0.25) is 4.79 Å². The average molecular weight is 300 g/mol. The Kier molecular flexibility index (Phi) is 3.20. The smallest absolute Gasteiger partial charge is 0.257 e. The zero-order chi connectivity index (χ0) is 15.2. The van der Waals surface area contributed by atoms with Gasteiger partial charge in [0.15, 0.2) is 5.79 Å². The molecule has 5 nitrogen and oxygen atoms in total. The first-order chi connectivity index (χ1) is 10.7. The third-order valence-corrected chi connectivity index (χ3v) is 4.64. The van der Waals surface area contributed by atoms with Crippen molar-refractivity contribution in [3.8, 4) is 0 Å². The summed E-state index contributed by atoms with van der Waals surface area (Å²) in [5.74, 6) is -0.392. The van der Waals surface area contributed by atoms with Crippen molar-refractivity contribution in [1.29, 1.82) is 0 Å². The summed E-state index contributed by atoms with van der Waals surface area (Å²) in [7, 11) is 0. The van der Waals surface area contributed by atoms with Crippen LogP contribution in [0.15, 0.2) is 24.4 Å². The summed E-state index contributed by atoms with van der Waals surface area (Å²) in [5.41, 5.74) is 3.80. The highest BCUT2D eigenvalue weighted by molar-refractivity contribution is 6.31. The van der Waals surface area contributed by atoms with Gasteiger partial charge in [-0.2, -0.15) is 0 Å². The van der Waals surface area contributed by atoms with Gasteiger partial charge in [-0.1, -0.05) is 12.1 Å². The standard InChI is InChI=1S/C17H20N2O3/c1-12-2-3-13-14(16(20)18-15(13)10-12)11-19-6-4-17(5-7-19)21-8-9-22-17/h2-3,10-11H,4-9H2,1H3,(H,18,20)/b14-11+. The molecule has 22 heavy (non-hydrogen) atoms. The molecule has 5 heteroatoms. The topological polar surface area (TPSA) is 50.8 Å². The molecule has 0 aromatic heterocycles. The Morgan fingerprint density at radius 2 is 1.95 bits per heavy atom. The minimum Gasteiger partial charge on any atom is -0.376 e. The van der Waals surface area contributed by atoms with E-state index in [0.717, 1.165) is 48.3 Å². The van der Waals surface area contributed by atoms with Crippen LogP contribution >= 0.6 is 0 Å². The Balaban J connectivity index is 1.53. The normalized spacial score (nSPS) is 24.9. The van der Waals surface area contributed by atoms with Gasteiger partial charge in [0.2, 0.25) is 0 Å². The van der Waals surface area contributed by atoms with E-state index < -0.39 is 0 Å². The lowest BCUT2D eigenvalue weighted by Crippen LogP contribution is -2.43. The van der Waals surface area contributed by atoms with Crippen LogP contribution < -0.4 is 5.32 Å². The number of piperidine rings is 1. The Morgan fingerprint density at radius 3 is 2.68 bits per heavy atom. The zero-order valence-corrected chi connectivity index (χ0v) is 12.7. The van der Waals surface area contributed by atoms with E-state index >= 15 is 0 Å². The number of nitrogens with one attached hydrogen (secondary N) is 1. The van der Waals surface area contributed by atoms with E-state index in [1.807, 2.05) is 31.3 Å². The monoisotopic (exact) mass is 300 g/mol. The van der Waals surface area contributed by atoms with Gasteiger partial charge in [0.25, 0.3) is 5.91 Å². The molecule has 0 unspecified atom stereocenters. The number of anilines is 1. The lowest BCUT2D eigenvalue weighted by molar-refractivity contribution is -0.181. The number of ether oxygens (including phenoxy) is 2. The van der Waals surface area contributed by atoms with Crippen molar-refractivity contribution in [2.75, 3.05) is 31.6 Å². The van der Waals surface area contributed by atoms with E-state index in [1.54, 1.807) is 0 Å². The highest BCUT2D eigenvalue weighted by Crippen LogP contribution is 2.35. The maximum absolute atomic E-state index is 12.2. The molecule has 3 aliphatic rings. The molecule has 1 aromatic carbocycles. The number of fused-ring (bicyclic) bond motifs is 1. The zero-order valence-electron chi connectivity index (χ0n) is 12.7. The summed E-state index contributed by atoms with van der Waals surface area (Å²) in [6.45, 7) is 5.10. The van der Waals surface area contributed by atoms with Gasteiger partial charge < -0.3 is 19.7 Å². The molecule has 3 heterocycles. The van der Waals surface area contributed by atoms with E-state index in [1.165, 1.54) is 0 Å². The summed E-state index contributed by atoms with van der Waals surface area (Å²) in [6.07, 6.45) is 3.68. The van der Waals surface area contributed by atoms with Crippen molar-refractivity contribution >= 4 is 17.2 Å². The summed E-state index contributed by atoms with van der Waals surface area (Å²) < 4.78 is 11.5. The SMILES string of the molecule is Cc1ccc2c(c1)NC(=O)/C2=C/N1CCC2(CC1)OCCO2. The van der Waals surface area contributed by atoms with Crippen molar-refractivity contribution < 1.29 is 14.3 Å². The van der Waals surface area contributed by atoms with Crippen LogP contribution in [0.1, 0.15) is 24.0 Å². The van der Waals surface area contributed by atoms with Crippen LogP contribution in [0.25, 0.3) is 5.57 Å². The fraction of sp³-hybridized carbons (Fsp3) is 0.471. The molecule has 3 aliphatic heterocycles. The molecular weight excluding hydrogens is 280 g/mol. The Morgan fingerprint density at radius 1 is 1.23 bits per heavy atom. The number of aryl methyl sites for hydroxylation is 1. The lowest BCUT2D eigenvalue weighted by Gasteiger charge is -2.37. The molecule has 0 saturated carbocycles. The van der Waals surface area contributed by atoms with Gasteiger partial charge in [-0.15, -0.1) is 0 Å². The van der Waals surface area contributed by atoms with Crippen molar-refractivity contribution in [2.24, 2.45) is 0 Å². The van der Waals surface area contributed by atoms with Crippen molar-refractivity contribution in [3.63, 3.8) is 0 Å². The predicted octanol–water partition coefficient (Wildman–Crippen LogP) is 2.13. The number of hydrogen-bond acceptors (Lipinski definition) is 4. The summed E-state index contributed by atoms with van der Waals surface area (Å²) in [5, 5.41) is 2.94. The van der Waals surface area contributed by atoms with E-state index in [2.05, 4.69) is 10.2 Å². The van der Waals surface area contributed by atoms with Gasteiger partial charge in [-0.05, 0) is 18.6 Å². The van der Waals surface area contributed by atoms with E-state index in [4.69, 9.17) is 9.47 Å². The predicted molar refractivity (Wildman–Crippen MR) is 83.2 cm³/mol. The third-order valence-electron chi connectivity index (χ3n) is 4.64. The molecule has 0 atom stereocenters. The summed E-state index contributed by atoms with van der Waals surface area (Å²) in [6, 6.07) is 6.07. The van der Waals surface area contributed by atoms with Gasteiger partial charge in [0, 0.05) is 43.4 Å². The number of benzene rings is 1. The minimum absolute atomic E-state index is 0.0192. The van der Waals surface area contributed by atoms with Crippen molar-refractivity contribution in [3.05, 3.63) is 35.5 Å². The van der Waals surface area contributed by atoms with Gasteiger partial charge in [0.05, 0.1) is 18.8 Å². The molecule has 1 N–H and O–H groups in total. The number of rotatable bonds is 1. The molecule has 116 valence electrons.